The highest BCUT2D eigenvalue weighted by Gasteiger charge is 2.25. The van der Waals surface area contributed by atoms with Gasteiger partial charge in [-0.25, -0.2) is 4.98 Å². The Hall–Kier alpha value is -3.88. The number of esters is 1. The summed E-state index contributed by atoms with van der Waals surface area (Å²) in [5.41, 5.74) is 8.06. The summed E-state index contributed by atoms with van der Waals surface area (Å²) in [5, 5.41) is 4.71. The lowest BCUT2D eigenvalue weighted by Crippen LogP contribution is -2.41. The number of nitrogens with two attached hydrogens (primary N) is 1. The molecule has 1 aromatic carbocycles. The van der Waals surface area contributed by atoms with E-state index in [0.717, 1.165) is 48.0 Å². The molecule has 35 heavy (non-hydrogen) atoms. The zero-order valence-electron chi connectivity index (χ0n) is 19.9. The van der Waals surface area contributed by atoms with Crippen molar-refractivity contribution in [3.05, 3.63) is 54.5 Å². The minimum Gasteiger partial charge on any atom is -0.491 e. The number of nitrogens with one attached hydrogen (secondary N) is 1. The molecular formula is C26H31N5O4. The number of nitrogens with zero attached hydrogens (tertiary/aromatic N) is 3. The van der Waals surface area contributed by atoms with Gasteiger partial charge in [-0.3, -0.25) is 14.6 Å². The smallest absolute Gasteiger partial charge is 0.305 e. The molecule has 0 atom stereocenters. The van der Waals surface area contributed by atoms with E-state index >= 15 is 0 Å². The van der Waals surface area contributed by atoms with Crippen LogP contribution in [-0.4, -0.2) is 55.2 Å². The number of carbonyl (C=O) groups excluding carboxylic acids is 2. The quantitative estimate of drug-likeness (QED) is 0.357. The molecule has 0 bridgehead atoms. The SMILES string of the molecule is COC(=O)CCc1cc2ccnc(N)c2cc1OCCNC(=O)C1CCN(c2ccncc2)CC1. The highest BCUT2D eigenvalue weighted by Crippen LogP contribution is 2.30. The molecule has 1 amide bonds. The van der Waals surface area contributed by atoms with Crippen molar-refractivity contribution in [3.8, 4) is 5.75 Å². The van der Waals surface area contributed by atoms with Gasteiger partial charge < -0.3 is 25.4 Å². The maximum Gasteiger partial charge on any atom is 0.305 e. The number of rotatable bonds is 9. The van der Waals surface area contributed by atoms with Crippen molar-refractivity contribution in [2.45, 2.75) is 25.7 Å². The van der Waals surface area contributed by atoms with Crippen LogP contribution in [0.15, 0.2) is 48.9 Å². The van der Waals surface area contributed by atoms with Crippen LogP contribution in [0.25, 0.3) is 10.8 Å². The largest absolute Gasteiger partial charge is 0.491 e. The molecule has 1 fully saturated rings. The molecule has 1 saturated heterocycles. The van der Waals surface area contributed by atoms with Crippen molar-refractivity contribution in [3.63, 3.8) is 0 Å². The molecule has 0 saturated carbocycles. The number of carbonyl (C=O) groups is 2. The summed E-state index contributed by atoms with van der Waals surface area (Å²) in [5.74, 6) is 0.808. The molecule has 9 heteroatoms. The van der Waals surface area contributed by atoms with Crippen LogP contribution >= 0.6 is 0 Å². The number of anilines is 2. The Kier molecular flexibility index (Phi) is 7.97. The number of benzene rings is 1. The first-order valence-electron chi connectivity index (χ1n) is 11.8. The zero-order valence-corrected chi connectivity index (χ0v) is 19.9. The second-order valence-electron chi connectivity index (χ2n) is 8.56. The van der Waals surface area contributed by atoms with Crippen LogP contribution in [-0.2, 0) is 20.7 Å². The van der Waals surface area contributed by atoms with Crippen LogP contribution in [0.2, 0.25) is 0 Å². The van der Waals surface area contributed by atoms with Crippen molar-refractivity contribution in [1.82, 2.24) is 15.3 Å². The molecule has 0 aliphatic carbocycles. The third-order valence-electron chi connectivity index (χ3n) is 6.35. The summed E-state index contributed by atoms with van der Waals surface area (Å²) in [6.07, 6.45) is 7.56. The second kappa shape index (κ2) is 11.5. The minimum atomic E-state index is -0.285. The van der Waals surface area contributed by atoms with Gasteiger partial charge in [0.15, 0.2) is 0 Å². The molecule has 3 heterocycles. The van der Waals surface area contributed by atoms with Crippen molar-refractivity contribution >= 4 is 34.2 Å². The van der Waals surface area contributed by atoms with Crippen molar-refractivity contribution in [2.24, 2.45) is 5.92 Å². The molecule has 0 spiro atoms. The number of pyridine rings is 2. The molecule has 0 unspecified atom stereocenters. The monoisotopic (exact) mass is 477 g/mol. The summed E-state index contributed by atoms with van der Waals surface area (Å²) in [4.78, 5) is 34.8. The normalized spacial score (nSPS) is 14.0. The lowest BCUT2D eigenvalue weighted by molar-refractivity contribution is -0.140. The highest BCUT2D eigenvalue weighted by atomic mass is 16.5. The molecular weight excluding hydrogens is 446 g/mol. The standard InChI is InChI=1S/C26H31N5O4/c1-34-24(32)3-2-20-16-19-4-11-29-25(27)22(19)17-23(20)35-15-12-30-26(33)18-7-13-31(14-8-18)21-5-9-28-10-6-21/h4-6,9-11,16-18H,2-3,7-8,12-15H2,1H3,(H2,27,29)(H,30,33). The predicted molar refractivity (Wildman–Crippen MR) is 134 cm³/mol. The summed E-state index contributed by atoms with van der Waals surface area (Å²) >= 11 is 0. The van der Waals surface area contributed by atoms with Gasteiger partial charge in [0.05, 0.1) is 13.7 Å². The molecule has 3 aromatic rings. The molecule has 3 N–H and O–H groups in total. The maximum absolute atomic E-state index is 12.7. The Bertz CT molecular complexity index is 1160. The number of piperidine rings is 1. The Balaban J connectivity index is 1.30. The lowest BCUT2D eigenvalue weighted by atomic mass is 9.95. The number of methoxy groups -OCH3 is 1. The van der Waals surface area contributed by atoms with E-state index in [-0.39, 0.29) is 24.2 Å². The molecule has 184 valence electrons. The van der Waals surface area contributed by atoms with Gasteiger partial charge in [0.1, 0.15) is 18.2 Å². The Labute approximate surface area is 204 Å². The van der Waals surface area contributed by atoms with Crippen molar-refractivity contribution in [1.29, 1.82) is 0 Å². The topological polar surface area (TPSA) is 120 Å². The van der Waals surface area contributed by atoms with Crippen molar-refractivity contribution in [2.75, 3.05) is 44.0 Å². The van der Waals surface area contributed by atoms with E-state index in [9.17, 15) is 9.59 Å². The van der Waals surface area contributed by atoms with E-state index in [0.29, 0.717) is 31.1 Å². The van der Waals surface area contributed by atoms with E-state index < -0.39 is 0 Å². The number of nitrogen functional groups attached to an aromatic ring is 1. The van der Waals surface area contributed by atoms with Crippen LogP contribution < -0.4 is 20.7 Å². The molecule has 0 radical (unpaired) electrons. The third kappa shape index (κ3) is 6.17. The third-order valence-corrected chi connectivity index (χ3v) is 6.35. The van der Waals surface area contributed by atoms with E-state index in [4.69, 9.17) is 15.2 Å². The van der Waals surface area contributed by atoms with Gasteiger partial charge >= 0.3 is 5.97 Å². The molecule has 2 aromatic heterocycles. The van der Waals surface area contributed by atoms with E-state index in [1.165, 1.54) is 7.11 Å². The Morgan fingerprint density at radius 1 is 1.14 bits per heavy atom. The Morgan fingerprint density at radius 3 is 2.66 bits per heavy atom. The number of fused-ring (bicyclic) bond motifs is 1. The van der Waals surface area contributed by atoms with Gasteiger partial charge in [-0.05, 0) is 60.5 Å². The fourth-order valence-corrected chi connectivity index (χ4v) is 4.37. The van der Waals surface area contributed by atoms with Gasteiger partial charge in [-0.1, -0.05) is 0 Å². The minimum absolute atomic E-state index is 0.00440. The first kappa shape index (κ1) is 24.3. The van der Waals surface area contributed by atoms with Crippen LogP contribution in [0, 0.1) is 5.92 Å². The van der Waals surface area contributed by atoms with Gasteiger partial charge in [-0.2, -0.15) is 0 Å². The summed E-state index contributed by atoms with van der Waals surface area (Å²) in [7, 11) is 1.37. The average molecular weight is 478 g/mol. The van der Waals surface area contributed by atoms with Gasteiger partial charge in [-0.15, -0.1) is 0 Å². The lowest BCUT2D eigenvalue weighted by Gasteiger charge is -2.32. The number of aromatic nitrogens is 2. The van der Waals surface area contributed by atoms with Crippen LogP contribution in [0.5, 0.6) is 5.75 Å². The summed E-state index contributed by atoms with van der Waals surface area (Å²) in [6.45, 7) is 2.38. The molecule has 1 aliphatic rings. The van der Waals surface area contributed by atoms with Gasteiger partial charge in [0, 0.05) is 55.1 Å². The first-order chi connectivity index (χ1) is 17.0. The number of amides is 1. The number of ether oxygens (including phenoxy) is 2. The van der Waals surface area contributed by atoms with E-state index in [1.807, 2.05) is 30.3 Å². The molecule has 1 aliphatic heterocycles. The van der Waals surface area contributed by atoms with E-state index in [2.05, 4.69) is 20.2 Å². The van der Waals surface area contributed by atoms with Gasteiger partial charge in [0.2, 0.25) is 5.91 Å². The zero-order chi connectivity index (χ0) is 24.6. The second-order valence-corrected chi connectivity index (χ2v) is 8.56. The van der Waals surface area contributed by atoms with Gasteiger partial charge in [0.25, 0.3) is 0 Å². The summed E-state index contributed by atoms with van der Waals surface area (Å²) < 4.78 is 10.8. The Morgan fingerprint density at radius 2 is 1.91 bits per heavy atom. The molecule has 4 rings (SSSR count). The highest BCUT2D eigenvalue weighted by molar-refractivity contribution is 5.92. The predicted octanol–water partition coefficient (Wildman–Crippen LogP) is 2.73. The first-order valence-corrected chi connectivity index (χ1v) is 11.8. The number of hydrogen-bond acceptors (Lipinski definition) is 8. The molecule has 9 nitrogen and oxygen atoms in total. The van der Waals surface area contributed by atoms with Crippen LogP contribution in [0.1, 0.15) is 24.8 Å². The fraction of sp³-hybridized carbons (Fsp3) is 0.385. The fourth-order valence-electron chi connectivity index (χ4n) is 4.37. The van der Waals surface area contributed by atoms with Crippen molar-refractivity contribution < 1.29 is 19.1 Å². The van der Waals surface area contributed by atoms with Crippen LogP contribution in [0.4, 0.5) is 11.5 Å². The maximum atomic E-state index is 12.7. The number of aryl methyl sites for hydroxylation is 1. The van der Waals surface area contributed by atoms with E-state index in [1.54, 1.807) is 18.6 Å². The average Bonchev–Trinajstić information content (AvgIpc) is 2.90. The number of hydrogen-bond donors (Lipinski definition) is 2. The summed E-state index contributed by atoms with van der Waals surface area (Å²) in [6, 6.07) is 9.67. The van der Waals surface area contributed by atoms with Crippen LogP contribution in [0.3, 0.4) is 0 Å².